The molecule has 4 N–H and O–H groups in total. The second-order valence-corrected chi connectivity index (χ2v) is 9.08. The molecule has 0 aromatic rings. The van der Waals surface area contributed by atoms with Gasteiger partial charge in [-0.2, -0.15) is 0 Å². The van der Waals surface area contributed by atoms with Gasteiger partial charge in [-0.1, -0.05) is 34.6 Å². The lowest BCUT2D eigenvalue weighted by atomic mass is 9.84. The third-order valence-electron chi connectivity index (χ3n) is 3.86. The lowest BCUT2D eigenvalue weighted by Gasteiger charge is -2.32. The maximum atomic E-state index is 12.8. The molecule has 0 aromatic carbocycles. The summed E-state index contributed by atoms with van der Waals surface area (Å²) in [5, 5.41) is 6.36. The van der Waals surface area contributed by atoms with E-state index in [2.05, 4.69) is 10.6 Å². The molecule has 0 heterocycles. The molecule has 0 aliphatic rings. The molecule has 0 bridgehead atoms. The molecule has 24 heavy (non-hydrogen) atoms. The average Bonchev–Trinajstić information content (AvgIpc) is 2.40. The first-order valence-electron chi connectivity index (χ1n) is 9.12. The van der Waals surface area contributed by atoms with Crippen LogP contribution in [0.5, 0.6) is 0 Å². The van der Waals surface area contributed by atoms with Gasteiger partial charge in [0.2, 0.25) is 5.91 Å². The number of hydrogen-bond donors (Lipinski definition) is 3. The van der Waals surface area contributed by atoms with Gasteiger partial charge in [-0.25, -0.2) is 0 Å². The fourth-order valence-electron chi connectivity index (χ4n) is 2.55. The monoisotopic (exact) mass is 341 g/mol. The number of ketones is 1. The first-order valence-corrected chi connectivity index (χ1v) is 9.12. The summed E-state index contributed by atoms with van der Waals surface area (Å²) in [5.41, 5.74) is 4.90. The number of nitrogens with one attached hydrogen (secondary N) is 2. The van der Waals surface area contributed by atoms with Crippen molar-refractivity contribution in [3.05, 3.63) is 0 Å². The molecule has 5 heteroatoms. The van der Waals surface area contributed by atoms with E-state index in [1.165, 1.54) is 0 Å². The SMILES string of the molecule is CC(C)C(NC(C)(C)C)C(=O)NC(CCCCN)C(=O)C(C)(C)C. The van der Waals surface area contributed by atoms with Gasteiger partial charge < -0.3 is 16.4 Å². The second-order valence-electron chi connectivity index (χ2n) is 9.08. The van der Waals surface area contributed by atoms with Crippen LogP contribution in [-0.4, -0.2) is 35.9 Å². The van der Waals surface area contributed by atoms with Crippen LogP contribution < -0.4 is 16.4 Å². The Morgan fingerprint density at radius 1 is 1.00 bits per heavy atom. The minimum absolute atomic E-state index is 0.0751. The Morgan fingerprint density at radius 2 is 1.54 bits per heavy atom. The normalized spacial score (nSPS) is 15.2. The highest BCUT2D eigenvalue weighted by molar-refractivity contribution is 5.93. The third-order valence-corrected chi connectivity index (χ3v) is 3.86. The number of hydrogen-bond acceptors (Lipinski definition) is 4. The highest BCUT2D eigenvalue weighted by Gasteiger charge is 2.33. The fourth-order valence-corrected chi connectivity index (χ4v) is 2.55. The first kappa shape index (κ1) is 23.1. The van der Waals surface area contributed by atoms with Gasteiger partial charge >= 0.3 is 0 Å². The number of Topliss-reactive ketones (excluding diaryl/α,β-unsaturated/α-hetero) is 1. The van der Waals surface area contributed by atoms with E-state index in [-0.39, 0.29) is 29.2 Å². The predicted octanol–water partition coefficient (Wildman–Crippen LogP) is 2.63. The smallest absolute Gasteiger partial charge is 0.237 e. The number of rotatable bonds is 9. The van der Waals surface area contributed by atoms with Crippen molar-refractivity contribution in [2.75, 3.05) is 6.54 Å². The van der Waals surface area contributed by atoms with Crippen LogP contribution in [0, 0.1) is 11.3 Å². The third kappa shape index (κ3) is 8.78. The van der Waals surface area contributed by atoms with Crippen molar-refractivity contribution >= 4 is 11.7 Å². The van der Waals surface area contributed by atoms with Crippen molar-refractivity contribution in [1.82, 2.24) is 10.6 Å². The highest BCUT2D eigenvalue weighted by atomic mass is 16.2. The van der Waals surface area contributed by atoms with Crippen LogP contribution in [0.4, 0.5) is 0 Å². The van der Waals surface area contributed by atoms with Crippen LogP contribution in [-0.2, 0) is 9.59 Å². The van der Waals surface area contributed by atoms with Crippen LogP contribution in [0.25, 0.3) is 0 Å². The molecular weight excluding hydrogens is 302 g/mol. The van der Waals surface area contributed by atoms with E-state index >= 15 is 0 Å². The minimum Gasteiger partial charge on any atom is -0.345 e. The van der Waals surface area contributed by atoms with Crippen LogP contribution in [0.2, 0.25) is 0 Å². The van der Waals surface area contributed by atoms with Crippen molar-refractivity contribution in [2.24, 2.45) is 17.1 Å². The minimum atomic E-state index is -0.481. The van der Waals surface area contributed by atoms with Crippen molar-refractivity contribution in [3.63, 3.8) is 0 Å². The summed E-state index contributed by atoms with van der Waals surface area (Å²) in [6.07, 6.45) is 2.33. The molecule has 0 rings (SSSR count). The molecule has 0 saturated carbocycles. The number of amides is 1. The zero-order valence-corrected chi connectivity index (χ0v) is 17.0. The number of unbranched alkanes of at least 4 members (excludes halogenated alkanes) is 1. The summed E-state index contributed by atoms with van der Waals surface area (Å²) in [6, 6.07) is -0.776. The van der Waals surface area contributed by atoms with Crippen LogP contribution >= 0.6 is 0 Å². The summed E-state index contributed by atoms with van der Waals surface area (Å²) < 4.78 is 0. The van der Waals surface area contributed by atoms with E-state index < -0.39 is 11.5 Å². The summed E-state index contributed by atoms with van der Waals surface area (Å²) in [5.74, 6) is 0.111. The molecule has 0 radical (unpaired) electrons. The molecule has 0 aliphatic carbocycles. The summed E-state index contributed by atoms with van der Waals surface area (Å²) in [7, 11) is 0. The Morgan fingerprint density at radius 3 is 1.92 bits per heavy atom. The first-order chi connectivity index (χ1) is 10.8. The van der Waals surface area contributed by atoms with E-state index in [1.807, 2.05) is 55.4 Å². The Labute approximate surface area is 148 Å². The molecule has 0 aliphatic heterocycles. The molecule has 142 valence electrons. The van der Waals surface area contributed by atoms with Gasteiger partial charge in [0.1, 0.15) is 0 Å². The zero-order valence-electron chi connectivity index (χ0n) is 17.0. The second kappa shape index (κ2) is 9.52. The van der Waals surface area contributed by atoms with Crippen molar-refractivity contribution in [1.29, 1.82) is 0 Å². The van der Waals surface area contributed by atoms with E-state index in [1.54, 1.807) is 0 Å². The molecule has 2 atom stereocenters. The maximum Gasteiger partial charge on any atom is 0.237 e. The van der Waals surface area contributed by atoms with Crippen molar-refractivity contribution in [3.8, 4) is 0 Å². The largest absolute Gasteiger partial charge is 0.345 e. The molecule has 0 aromatic heterocycles. The molecular formula is C19H39N3O2. The van der Waals surface area contributed by atoms with Gasteiger partial charge in [0.15, 0.2) is 5.78 Å². The quantitative estimate of drug-likeness (QED) is 0.563. The Kier molecular flexibility index (Phi) is 9.15. The molecule has 0 saturated heterocycles. The fraction of sp³-hybridized carbons (Fsp3) is 0.895. The van der Waals surface area contributed by atoms with Crippen LogP contribution in [0.15, 0.2) is 0 Å². The van der Waals surface area contributed by atoms with Crippen molar-refractivity contribution < 1.29 is 9.59 Å². The van der Waals surface area contributed by atoms with Gasteiger partial charge in [-0.15, -0.1) is 0 Å². The summed E-state index contributed by atoms with van der Waals surface area (Å²) in [4.78, 5) is 25.5. The van der Waals surface area contributed by atoms with Crippen LogP contribution in [0.1, 0.15) is 74.7 Å². The van der Waals surface area contributed by atoms with E-state index in [4.69, 9.17) is 5.73 Å². The zero-order chi connectivity index (χ0) is 19.1. The van der Waals surface area contributed by atoms with Gasteiger partial charge in [-0.05, 0) is 52.5 Å². The number of carbonyl (C=O) groups excluding carboxylic acids is 2. The average molecular weight is 342 g/mol. The van der Waals surface area contributed by atoms with Gasteiger partial charge in [0.05, 0.1) is 12.1 Å². The Bertz CT molecular complexity index is 406. The topological polar surface area (TPSA) is 84.2 Å². The van der Waals surface area contributed by atoms with E-state index in [0.29, 0.717) is 13.0 Å². The van der Waals surface area contributed by atoms with Crippen LogP contribution in [0.3, 0.4) is 0 Å². The number of carbonyl (C=O) groups is 2. The summed E-state index contributed by atoms with van der Waals surface area (Å²) in [6.45, 7) is 16.4. The molecule has 0 fully saturated rings. The summed E-state index contributed by atoms with van der Waals surface area (Å²) >= 11 is 0. The standard InChI is InChI=1S/C19H39N3O2/c1-13(2)15(22-19(6,7)8)17(24)21-14(11-9-10-12-20)16(23)18(3,4)5/h13-15,22H,9-12,20H2,1-8H3,(H,21,24). The number of nitrogens with two attached hydrogens (primary N) is 1. The Balaban J connectivity index is 5.14. The molecule has 1 amide bonds. The van der Waals surface area contributed by atoms with Crippen molar-refractivity contribution in [2.45, 2.75) is 92.3 Å². The lowest BCUT2D eigenvalue weighted by Crippen LogP contribution is -2.57. The maximum absolute atomic E-state index is 12.8. The Hall–Kier alpha value is -0.940. The van der Waals surface area contributed by atoms with E-state index in [0.717, 1.165) is 12.8 Å². The van der Waals surface area contributed by atoms with E-state index in [9.17, 15) is 9.59 Å². The molecule has 0 spiro atoms. The highest BCUT2D eigenvalue weighted by Crippen LogP contribution is 2.20. The van der Waals surface area contributed by atoms with Gasteiger partial charge in [-0.3, -0.25) is 9.59 Å². The predicted molar refractivity (Wildman–Crippen MR) is 101 cm³/mol. The molecule has 2 unspecified atom stereocenters. The molecule has 5 nitrogen and oxygen atoms in total. The van der Waals surface area contributed by atoms with Gasteiger partial charge in [0, 0.05) is 11.0 Å². The lowest BCUT2D eigenvalue weighted by molar-refractivity contribution is -0.134. The van der Waals surface area contributed by atoms with Gasteiger partial charge in [0.25, 0.3) is 0 Å².